The van der Waals surface area contributed by atoms with Gasteiger partial charge in [-0.1, -0.05) is 32.0 Å². The van der Waals surface area contributed by atoms with Gasteiger partial charge >= 0.3 is 0 Å². The Balaban J connectivity index is 1.80. The summed E-state index contributed by atoms with van der Waals surface area (Å²) in [5.74, 6) is 1.63. The van der Waals surface area contributed by atoms with Gasteiger partial charge in [-0.25, -0.2) is 0 Å². The minimum absolute atomic E-state index is 0.241. The minimum atomic E-state index is -0.498. The Labute approximate surface area is 127 Å². The van der Waals surface area contributed by atoms with Crippen molar-refractivity contribution in [1.29, 1.82) is 0 Å². The van der Waals surface area contributed by atoms with Crippen LogP contribution in [0.1, 0.15) is 31.7 Å². The SMILES string of the molecule is CC(C)c1ccccc1OCC(O)CN1CCC(CO)C1. The maximum Gasteiger partial charge on any atom is 0.122 e. The van der Waals surface area contributed by atoms with Crippen molar-refractivity contribution in [3.8, 4) is 5.75 Å². The molecule has 0 radical (unpaired) electrons. The van der Waals surface area contributed by atoms with Crippen molar-refractivity contribution in [2.45, 2.75) is 32.3 Å². The first-order valence-electron chi connectivity index (χ1n) is 7.83. The van der Waals surface area contributed by atoms with Gasteiger partial charge in [0.25, 0.3) is 0 Å². The largest absolute Gasteiger partial charge is 0.491 e. The van der Waals surface area contributed by atoms with Crippen LogP contribution in [0.15, 0.2) is 24.3 Å². The summed E-state index contributed by atoms with van der Waals surface area (Å²) in [7, 11) is 0. The zero-order valence-electron chi connectivity index (χ0n) is 13.0. The van der Waals surface area contributed by atoms with E-state index < -0.39 is 6.10 Å². The third-order valence-electron chi connectivity index (χ3n) is 4.07. The zero-order valence-corrected chi connectivity index (χ0v) is 13.0. The van der Waals surface area contributed by atoms with Gasteiger partial charge in [0.05, 0.1) is 0 Å². The van der Waals surface area contributed by atoms with Gasteiger partial charge in [-0.3, -0.25) is 0 Å². The Morgan fingerprint density at radius 1 is 1.33 bits per heavy atom. The van der Waals surface area contributed by atoms with E-state index in [4.69, 9.17) is 9.84 Å². The number of aliphatic hydroxyl groups excluding tert-OH is 2. The van der Waals surface area contributed by atoms with Gasteiger partial charge in [0.1, 0.15) is 18.5 Å². The lowest BCUT2D eigenvalue weighted by Crippen LogP contribution is -2.34. The van der Waals surface area contributed by atoms with E-state index in [1.165, 1.54) is 5.56 Å². The number of para-hydroxylation sites is 1. The molecule has 1 aliphatic heterocycles. The lowest BCUT2D eigenvalue weighted by molar-refractivity contribution is 0.0730. The molecule has 2 rings (SSSR count). The fourth-order valence-corrected chi connectivity index (χ4v) is 2.85. The van der Waals surface area contributed by atoms with Crippen LogP contribution in [0.3, 0.4) is 0 Å². The van der Waals surface area contributed by atoms with E-state index in [0.717, 1.165) is 25.3 Å². The molecule has 0 spiro atoms. The number of rotatable bonds is 7. The summed E-state index contributed by atoms with van der Waals surface area (Å²) < 4.78 is 5.80. The maximum absolute atomic E-state index is 10.1. The summed E-state index contributed by atoms with van der Waals surface area (Å²) >= 11 is 0. The summed E-state index contributed by atoms with van der Waals surface area (Å²) in [6.45, 7) is 7.26. The van der Waals surface area contributed by atoms with Crippen LogP contribution < -0.4 is 4.74 Å². The summed E-state index contributed by atoms with van der Waals surface area (Å²) in [4.78, 5) is 2.20. The molecule has 1 heterocycles. The number of likely N-dealkylation sites (tertiary alicyclic amines) is 1. The number of hydrogen-bond acceptors (Lipinski definition) is 4. The van der Waals surface area contributed by atoms with Crippen molar-refractivity contribution in [2.75, 3.05) is 32.8 Å². The second-order valence-corrected chi connectivity index (χ2v) is 6.25. The van der Waals surface area contributed by atoms with E-state index in [2.05, 4.69) is 24.8 Å². The Morgan fingerprint density at radius 3 is 2.76 bits per heavy atom. The Hall–Kier alpha value is -1.10. The van der Waals surface area contributed by atoms with Crippen LogP contribution in [0.2, 0.25) is 0 Å². The van der Waals surface area contributed by atoms with Crippen LogP contribution >= 0.6 is 0 Å². The molecule has 0 aliphatic carbocycles. The Morgan fingerprint density at radius 2 is 2.10 bits per heavy atom. The molecule has 0 aromatic heterocycles. The van der Waals surface area contributed by atoms with Crippen LogP contribution in [0.5, 0.6) is 5.75 Å². The van der Waals surface area contributed by atoms with Crippen molar-refractivity contribution in [3.63, 3.8) is 0 Å². The number of aliphatic hydroxyl groups is 2. The monoisotopic (exact) mass is 293 g/mol. The third-order valence-corrected chi connectivity index (χ3v) is 4.07. The molecule has 1 aromatic rings. The molecular weight excluding hydrogens is 266 g/mol. The van der Waals surface area contributed by atoms with Crippen molar-refractivity contribution in [2.24, 2.45) is 5.92 Å². The van der Waals surface area contributed by atoms with E-state index in [1.54, 1.807) is 0 Å². The Bertz CT molecular complexity index is 436. The number of ether oxygens (including phenoxy) is 1. The molecule has 1 aromatic carbocycles. The quantitative estimate of drug-likeness (QED) is 0.806. The predicted molar refractivity (Wildman–Crippen MR) is 83.7 cm³/mol. The van der Waals surface area contributed by atoms with Gasteiger partial charge in [-0.2, -0.15) is 0 Å². The van der Waals surface area contributed by atoms with E-state index >= 15 is 0 Å². The molecule has 4 nitrogen and oxygen atoms in total. The van der Waals surface area contributed by atoms with Crippen molar-refractivity contribution in [3.05, 3.63) is 29.8 Å². The molecule has 1 aliphatic rings. The average Bonchev–Trinajstić information content (AvgIpc) is 2.93. The number of benzene rings is 1. The van der Waals surface area contributed by atoms with E-state index in [-0.39, 0.29) is 6.61 Å². The molecule has 2 N–H and O–H groups in total. The van der Waals surface area contributed by atoms with Crippen LogP contribution in [-0.2, 0) is 0 Å². The van der Waals surface area contributed by atoms with Gasteiger partial charge in [-0.05, 0) is 36.4 Å². The first kappa shape index (κ1) is 16.3. The van der Waals surface area contributed by atoms with E-state index in [9.17, 15) is 5.11 Å². The minimum Gasteiger partial charge on any atom is -0.491 e. The molecule has 21 heavy (non-hydrogen) atoms. The zero-order chi connectivity index (χ0) is 15.2. The molecule has 1 saturated heterocycles. The standard InChI is InChI=1S/C17H27NO3/c1-13(2)16-5-3-4-6-17(16)21-12-15(20)10-18-8-7-14(9-18)11-19/h3-6,13-15,19-20H,7-12H2,1-2H3. The third kappa shape index (κ3) is 4.70. The van der Waals surface area contributed by atoms with Gasteiger partial charge < -0.3 is 19.8 Å². The van der Waals surface area contributed by atoms with Gasteiger partial charge in [-0.15, -0.1) is 0 Å². The number of nitrogens with zero attached hydrogens (tertiary/aromatic N) is 1. The fraction of sp³-hybridized carbons (Fsp3) is 0.647. The molecule has 118 valence electrons. The maximum atomic E-state index is 10.1. The van der Waals surface area contributed by atoms with Crippen molar-refractivity contribution in [1.82, 2.24) is 4.90 Å². The molecule has 1 fully saturated rings. The molecular formula is C17H27NO3. The highest BCUT2D eigenvalue weighted by Gasteiger charge is 2.23. The lowest BCUT2D eigenvalue weighted by atomic mass is 10.0. The van der Waals surface area contributed by atoms with Gasteiger partial charge in [0.2, 0.25) is 0 Å². The molecule has 0 bridgehead atoms. The summed E-state index contributed by atoms with van der Waals surface area (Å²) in [5, 5.41) is 19.3. The first-order chi connectivity index (χ1) is 10.1. The normalized spacial score (nSPS) is 20.9. The van der Waals surface area contributed by atoms with Crippen LogP contribution in [0.4, 0.5) is 0 Å². The second kappa shape index (κ2) is 7.78. The molecule has 0 saturated carbocycles. The Kier molecular flexibility index (Phi) is 6.03. The molecule has 2 unspecified atom stereocenters. The van der Waals surface area contributed by atoms with Crippen molar-refractivity contribution < 1.29 is 14.9 Å². The van der Waals surface area contributed by atoms with Crippen LogP contribution in [0.25, 0.3) is 0 Å². The first-order valence-corrected chi connectivity index (χ1v) is 7.83. The van der Waals surface area contributed by atoms with Crippen LogP contribution in [0, 0.1) is 5.92 Å². The van der Waals surface area contributed by atoms with Gasteiger partial charge in [0, 0.05) is 19.7 Å². The summed E-state index contributed by atoms with van der Waals surface area (Å²) in [6, 6.07) is 8.00. The summed E-state index contributed by atoms with van der Waals surface area (Å²) in [5.41, 5.74) is 1.17. The predicted octanol–water partition coefficient (Wildman–Crippen LogP) is 1.86. The fourth-order valence-electron chi connectivity index (χ4n) is 2.85. The summed E-state index contributed by atoms with van der Waals surface area (Å²) in [6.07, 6.45) is 0.517. The highest BCUT2D eigenvalue weighted by atomic mass is 16.5. The smallest absolute Gasteiger partial charge is 0.122 e. The number of β-amino-alcohol motifs (C(OH)–C–C–N with tert-alkyl or cyclic N) is 1. The lowest BCUT2D eigenvalue weighted by Gasteiger charge is -2.21. The second-order valence-electron chi connectivity index (χ2n) is 6.25. The highest BCUT2D eigenvalue weighted by Crippen LogP contribution is 2.26. The molecule has 2 atom stereocenters. The topological polar surface area (TPSA) is 52.9 Å². The van der Waals surface area contributed by atoms with Gasteiger partial charge in [0.15, 0.2) is 0 Å². The average molecular weight is 293 g/mol. The molecule has 4 heteroatoms. The van der Waals surface area contributed by atoms with Crippen molar-refractivity contribution >= 4 is 0 Å². The highest BCUT2D eigenvalue weighted by molar-refractivity contribution is 5.35. The van der Waals surface area contributed by atoms with E-state index in [0.29, 0.717) is 25.0 Å². The van der Waals surface area contributed by atoms with E-state index in [1.807, 2.05) is 18.2 Å². The number of hydrogen-bond donors (Lipinski definition) is 2. The molecule has 0 amide bonds. The van der Waals surface area contributed by atoms with Crippen LogP contribution in [-0.4, -0.2) is 54.1 Å².